The number of aromatic nitrogens is 4. The Morgan fingerprint density at radius 3 is 2.44 bits per heavy atom. The summed E-state index contributed by atoms with van der Waals surface area (Å²) in [6.45, 7) is -0.197. The van der Waals surface area contributed by atoms with Crippen LogP contribution in [0.1, 0.15) is 31.9 Å². The normalized spacial score (nSPS) is 24.1. The van der Waals surface area contributed by atoms with Crippen molar-refractivity contribution in [2.45, 2.75) is 50.2 Å². The van der Waals surface area contributed by atoms with Gasteiger partial charge in [-0.2, -0.15) is 8.62 Å². The molecule has 21 nitrogen and oxygen atoms in total. The van der Waals surface area contributed by atoms with Crippen molar-refractivity contribution in [1.29, 1.82) is 0 Å². The zero-order chi connectivity index (χ0) is 30.4. The summed E-state index contributed by atoms with van der Waals surface area (Å²) >= 11 is 0. The number of carbonyl (C=O) groups excluding carboxylic acids is 1. The number of anilines is 1. The Kier molecular flexibility index (Phi) is 11.3. The number of unbranched alkanes of at least 4 members (excludes halogenated alkanes) is 3. The minimum atomic E-state index is -5.77. The molecule has 0 spiro atoms. The summed E-state index contributed by atoms with van der Waals surface area (Å²) in [4.78, 5) is 60.8. The monoisotopic (exact) mass is 649 g/mol. The zero-order valence-corrected chi connectivity index (χ0v) is 23.8. The fourth-order valence-electron chi connectivity index (χ4n) is 3.71. The van der Waals surface area contributed by atoms with E-state index in [-0.39, 0.29) is 23.5 Å². The number of nitrogen functional groups attached to an aromatic ring is 1. The molecular weight excluding hydrogens is 619 g/mol. The lowest BCUT2D eigenvalue weighted by molar-refractivity contribution is -0.0522. The van der Waals surface area contributed by atoms with Gasteiger partial charge in [-0.3, -0.25) is 9.09 Å². The Morgan fingerprint density at radius 1 is 1.05 bits per heavy atom. The highest BCUT2D eigenvalue weighted by molar-refractivity contribution is 7.66. The molecule has 24 heteroatoms. The van der Waals surface area contributed by atoms with Crippen LogP contribution in [0.5, 0.6) is 0 Å². The maximum absolute atomic E-state index is 12.5. The third-order valence-electron chi connectivity index (χ3n) is 5.44. The van der Waals surface area contributed by atoms with Gasteiger partial charge in [-0.25, -0.2) is 33.4 Å². The highest BCUT2D eigenvalue weighted by Gasteiger charge is 2.49. The van der Waals surface area contributed by atoms with Crippen molar-refractivity contribution in [3.05, 3.63) is 12.7 Å². The first kappa shape index (κ1) is 33.4. The van der Waals surface area contributed by atoms with Crippen LogP contribution in [0.25, 0.3) is 11.2 Å². The third-order valence-corrected chi connectivity index (χ3v) is 9.24. The van der Waals surface area contributed by atoms with E-state index in [1.165, 1.54) is 10.9 Å². The van der Waals surface area contributed by atoms with Crippen molar-refractivity contribution in [1.82, 2.24) is 24.8 Å². The number of ether oxygens (including phenoxy) is 2. The minimum absolute atomic E-state index is 0.0151. The van der Waals surface area contributed by atoms with E-state index in [1.807, 2.05) is 0 Å². The molecule has 1 saturated heterocycles. The molecule has 3 rings (SSSR count). The van der Waals surface area contributed by atoms with Crippen molar-refractivity contribution >= 4 is 46.5 Å². The average molecular weight is 649 g/mol. The number of hydrogen-bond acceptors (Lipinski definition) is 15. The molecule has 0 saturated carbocycles. The molecule has 2 aromatic rings. The smallest absolute Gasteiger partial charge is 0.439 e. The Labute approximate surface area is 231 Å². The standard InChI is InChI=1S/C17H30N7O14P3/c18-5-3-1-2-4-6-20-17(26)36-13-12(25)10(7-34-40(30,31)38-41(32,33)37-39(27,28)29)35-16(13)24-9-23-11-14(19)21-8-22-15(11)24/h8-10,12-13,16,25H,1-7,18H2,(H,20,26)(H,30,31)(H,32,33)(H2,19,21,22)(H2,27,28,29)/t10-,12-,13-,16-/m1/s1. The molecule has 6 atom stereocenters. The fourth-order valence-corrected chi connectivity index (χ4v) is 6.74. The van der Waals surface area contributed by atoms with Crippen LogP contribution in [-0.4, -0.2) is 88.3 Å². The summed E-state index contributed by atoms with van der Waals surface area (Å²) in [5.41, 5.74) is 11.5. The molecule has 0 aromatic carbocycles. The molecule has 1 fully saturated rings. The van der Waals surface area contributed by atoms with Crippen LogP contribution in [0, 0.1) is 0 Å². The second-order valence-corrected chi connectivity index (χ2v) is 12.9. The van der Waals surface area contributed by atoms with Crippen molar-refractivity contribution in [3.63, 3.8) is 0 Å². The molecule has 1 aliphatic rings. The predicted octanol–water partition coefficient (Wildman–Crippen LogP) is -0.376. The van der Waals surface area contributed by atoms with E-state index >= 15 is 0 Å². The number of rotatable bonds is 15. The molecule has 0 aliphatic carbocycles. The van der Waals surface area contributed by atoms with Gasteiger partial charge in [0.2, 0.25) is 0 Å². The van der Waals surface area contributed by atoms with Gasteiger partial charge in [0.25, 0.3) is 0 Å². The van der Waals surface area contributed by atoms with Gasteiger partial charge in [0, 0.05) is 6.54 Å². The van der Waals surface area contributed by atoms with Crippen molar-refractivity contribution in [3.8, 4) is 0 Å². The number of hydrogen-bond donors (Lipinski definition) is 8. The SMILES string of the molecule is NCCCCCCNC(=O)O[C@@H]1[C@H](O)[C@@H](COP(=O)(O)OP(=O)(O)OP(=O)(O)O)O[C@H]1n1cnc2c(N)ncnc21. The highest BCUT2D eigenvalue weighted by atomic mass is 31.3. The van der Waals surface area contributed by atoms with Gasteiger partial charge in [-0.05, 0) is 19.4 Å². The zero-order valence-electron chi connectivity index (χ0n) is 21.1. The molecule has 232 valence electrons. The highest BCUT2D eigenvalue weighted by Crippen LogP contribution is 2.66. The molecule has 1 aliphatic heterocycles. The summed E-state index contributed by atoms with van der Waals surface area (Å²) in [5, 5.41) is 13.4. The Morgan fingerprint density at radius 2 is 1.76 bits per heavy atom. The quantitative estimate of drug-likeness (QED) is 0.0900. The third kappa shape index (κ3) is 9.72. The van der Waals surface area contributed by atoms with Crippen LogP contribution in [0.2, 0.25) is 0 Å². The summed E-state index contributed by atoms with van der Waals surface area (Å²) in [6.07, 6.45) is -1.50. The van der Waals surface area contributed by atoms with Gasteiger partial charge in [0.1, 0.15) is 24.1 Å². The van der Waals surface area contributed by atoms with Gasteiger partial charge in [0.05, 0.1) is 12.9 Å². The number of phosphoric acid groups is 3. The number of nitrogens with zero attached hydrogens (tertiary/aromatic N) is 4. The Bertz CT molecular complexity index is 1340. The molecular formula is C17H30N7O14P3. The predicted molar refractivity (Wildman–Crippen MR) is 135 cm³/mol. The van der Waals surface area contributed by atoms with Gasteiger partial charge >= 0.3 is 29.6 Å². The number of fused-ring (bicyclic) bond motifs is 1. The number of alkyl carbamates (subject to hydrolysis) is 1. The van der Waals surface area contributed by atoms with Gasteiger partial charge in [-0.1, -0.05) is 12.8 Å². The Hall–Kier alpha value is -2.09. The lowest BCUT2D eigenvalue weighted by Crippen LogP contribution is -2.40. The molecule has 3 heterocycles. The second kappa shape index (κ2) is 13.9. The van der Waals surface area contributed by atoms with E-state index in [0.29, 0.717) is 13.0 Å². The van der Waals surface area contributed by atoms with E-state index < -0.39 is 60.7 Å². The molecule has 1 amide bonds. The van der Waals surface area contributed by atoms with Gasteiger partial charge in [0.15, 0.2) is 23.8 Å². The number of nitrogens with one attached hydrogen (secondary N) is 1. The van der Waals surface area contributed by atoms with Crippen molar-refractivity contribution in [2.24, 2.45) is 5.73 Å². The summed E-state index contributed by atoms with van der Waals surface area (Å²) in [5.74, 6) is 0.0151. The first-order valence-electron chi connectivity index (χ1n) is 11.8. The minimum Gasteiger partial charge on any atom is -0.439 e. The Balaban J connectivity index is 1.74. The number of aliphatic hydroxyl groups excluding tert-OH is 1. The molecule has 2 aromatic heterocycles. The fraction of sp³-hybridized carbons (Fsp3) is 0.647. The lowest BCUT2D eigenvalue weighted by Gasteiger charge is -2.22. The topological polar surface area (TPSA) is 323 Å². The van der Waals surface area contributed by atoms with Crippen molar-refractivity contribution in [2.75, 3.05) is 25.4 Å². The van der Waals surface area contributed by atoms with Crippen LogP contribution in [0.4, 0.5) is 10.6 Å². The number of phosphoric ester groups is 1. The van der Waals surface area contributed by atoms with E-state index in [4.69, 9.17) is 30.7 Å². The maximum Gasteiger partial charge on any atom is 0.490 e. The van der Waals surface area contributed by atoms with Gasteiger partial charge < -0.3 is 50.9 Å². The van der Waals surface area contributed by atoms with E-state index in [0.717, 1.165) is 25.6 Å². The summed E-state index contributed by atoms with van der Waals surface area (Å²) in [7, 11) is -16.9. The number of imidazole rings is 1. The summed E-state index contributed by atoms with van der Waals surface area (Å²) in [6, 6.07) is 0. The van der Waals surface area contributed by atoms with Crippen LogP contribution >= 0.6 is 23.5 Å². The molecule has 10 N–H and O–H groups in total. The van der Waals surface area contributed by atoms with Crippen LogP contribution in [-0.2, 0) is 36.3 Å². The van der Waals surface area contributed by atoms with E-state index in [2.05, 4.69) is 33.4 Å². The molecule has 41 heavy (non-hydrogen) atoms. The van der Waals surface area contributed by atoms with Crippen LogP contribution in [0.3, 0.4) is 0 Å². The van der Waals surface area contributed by atoms with E-state index in [9.17, 15) is 33.4 Å². The number of amides is 1. The number of carbonyl (C=O) groups is 1. The van der Waals surface area contributed by atoms with E-state index in [1.54, 1.807) is 0 Å². The second-order valence-electron chi connectivity index (χ2n) is 8.52. The maximum atomic E-state index is 12.5. The summed E-state index contributed by atoms with van der Waals surface area (Å²) < 4.78 is 58.7. The first-order chi connectivity index (χ1) is 19.1. The lowest BCUT2D eigenvalue weighted by atomic mass is 10.1. The molecule has 0 radical (unpaired) electrons. The number of nitrogens with two attached hydrogens (primary N) is 2. The number of aliphatic hydroxyl groups is 1. The van der Waals surface area contributed by atoms with Gasteiger partial charge in [-0.15, -0.1) is 0 Å². The largest absolute Gasteiger partial charge is 0.490 e. The van der Waals surface area contributed by atoms with Crippen LogP contribution < -0.4 is 16.8 Å². The van der Waals surface area contributed by atoms with Crippen LogP contribution in [0.15, 0.2) is 12.7 Å². The molecule has 0 bridgehead atoms. The first-order valence-corrected chi connectivity index (χ1v) is 16.3. The average Bonchev–Trinajstić information content (AvgIpc) is 3.40. The van der Waals surface area contributed by atoms with Crippen molar-refractivity contribution < 1.29 is 65.8 Å². The molecule has 2 unspecified atom stereocenters.